The first-order chi connectivity index (χ1) is 11.5. The highest BCUT2D eigenvalue weighted by Gasteiger charge is 2.33. The molecule has 0 spiro atoms. The number of hydrogen-bond acceptors (Lipinski definition) is 3. The summed E-state index contributed by atoms with van der Waals surface area (Å²) in [4.78, 5) is 25.6. The number of amides is 1. The average Bonchev–Trinajstić information content (AvgIpc) is 3.13. The lowest BCUT2D eigenvalue weighted by Gasteiger charge is -2.25. The van der Waals surface area contributed by atoms with E-state index in [1.54, 1.807) is 24.0 Å². The molecule has 1 aliphatic heterocycles. The molecular formula is C18H18FNO4. The van der Waals surface area contributed by atoms with Crippen LogP contribution >= 0.6 is 0 Å². The van der Waals surface area contributed by atoms with Crippen LogP contribution in [0.2, 0.25) is 0 Å². The monoisotopic (exact) mass is 331 g/mol. The molecule has 3 rings (SSSR count). The van der Waals surface area contributed by atoms with Crippen LogP contribution < -0.4 is 0 Å². The van der Waals surface area contributed by atoms with Crippen molar-refractivity contribution in [3.8, 4) is 0 Å². The molecular weight excluding hydrogens is 313 g/mol. The topological polar surface area (TPSA) is 70.7 Å². The maximum atomic E-state index is 13.5. The van der Waals surface area contributed by atoms with Gasteiger partial charge >= 0.3 is 5.97 Å². The van der Waals surface area contributed by atoms with Crippen molar-refractivity contribution in [1.82, 2.24) is 4.90 Å². The maximum Gasteiger partial charge on any atom is 0.311 e. The molecule has 1 N–H and O–H groups in total. The van der Waals surface area contributed by atoms with Gasteiger partial charge in [-0.3, -0.25) is 9.59 Å². The van der Waals surface area contributed by atoms with E-state index in [1.807, 2.05) is 0 Å². The van der Waals surface area contributed by atoms with Gasteiger partial charge in [-0.25, -0.2) is 4.39 Å². The fourth-order valence-corrected chi connectivity index (χ4v) is 3.27. The molecule has 2 aromatic rings. The number of likely N-dealkylation sites (tertiary alicyclic amines) is 1. The second-order valence-corrected chi connectivity index (χ2v) is 6.00. The number of aliphatic carboxylic acids is 1. The number of aryl methyl sites for hydroxylation is 1. The van der Waals surface area contributed by atoms with Crippen LogP contribution in [0.3, 0.4) is 0 Å². The van der Waals surface area contributed by atoms with Crippen molar-refractivity contribution in [3.05, 3.63) is 58.8 Å². The van der Waals surface area contributed by atoms with E-state index >= 15 is 0 Å². The Balaban J connectivity index is 1.92. The maximum absolute atomic E-state index is 13.5. The number of furan rings is 1. The Kier molecular flexibility index (Phi) is 4.38. The van der Waals surface area contributed by atoms with E-state index in [1.165, 1.54) is 18.4 Å². The first kappa shape index (κ1) is 16.2. The van der Waals surface area contributed by atoms with Crippen LogP contribution in [0.5, 0.6) is 0 Å². The zero-order valence-corrected chi connectivity index (χ0v) is 13.3. The molecule has 5 nitrogen and oxygen atoms in total. The number of carbonyl (C=O) groups is 2. The lowest BCUT2D eigenvalue weighted by Crippen LogP contribution is -2.31. The molecule has 1 amide bonds. The highest BCUT2D eigenvalue weighted by atomic mass is 19.1. The number of nitrogens with zero attached hydrogens (tertiary/aromatic N) is 1. The van der Waals surface area contributed by atoms with Crippen molar-refractivity contribution >= 4 is 11.9 Å². The Bertz CT molecular complexity index is 783. The second-order valence-electron chi connectivity index (χ2n) is 6.00. The van der Waals surface area contributed by atoms with Crippen LogP contribution in [-0.4, -0.2) is 28.4 Å². The van der Waals surface area contributed by atoms with Crippen LogP contribution in [0, 0.1) is 12.7 Å². The van der Waals surface area contributed by atoms with Crippen molar-refractivity contribution in [2.24, 2.45) is 0 Å². The van der Waals surface area contributed by atoms with E-state index in [4.69, 9.17) is 9.52 Å². The summed E-state index contributed by atoms with van der Waals surface area (Å²) < 4.78 is 18.8. The smallest absolute Gasteiger partial charge is 0.311 e. The van der Waals surface area contributed by atoms with Crippen LogP contribution in [0.4, 0.5) is 4.39 Å². The standard InChI is InChI=1S/C18H18FNO4/c1-11-10-24-15(9-16(21)22)17(11)18(23)20-7-3-6-14(20)12-4-2-5-13(19)8-12/h2,4-5,8,10,14H,3,6-7,9H2,1H3,(H,21,22). The minimum absolute atomic E-state index is 0.162. The molecule has 0 radical (unpaired) electrons. The van der Waals surface area contributed by atoms with Gasteiger partial charge in [0, 0.05) is 12.1 Å². The largest absolute Gasteiger partial charge is 0.481 e. The number of benzene rings is 1. The summed E-state index contributed by atoms with van der Waals surface area (Å²) in [6, 6.07) is 6.04. The van der Waals surface area contributed by atoms with Gasteiger partial charge in [0.25, 0.3) is 5.91 Å². The summed E-state index contributed by atoms with van der Waals surface area (Å²) in [5.41, 5.74) is 1.67. The van der Waals surface area contributed by atoms with Crippen LogP contribution in [-0.2, 0) is 11.2 Å². The van der Waals surface area contributed by atoms with Crippen molar-refractivity contribution in [3.63, 3.8) is 0 Å². The molecule has 1 aromatic carbocycles. The van der Waals surface area contributed by atoms with Gasteiger partial charge in [-0.2, -0.15) is 0 Å². The van der Waals surface area contributed by atoms with Gasteiger partial charge in [-0.15, -0.1) is 0 Å². The molecule has 1 unspecified atom stereocenters. The Labute approximate surface area is 138 Å². The Morgan fingerprint density at radius 3 is 2.92 bits per heavy atom. The highest BCUT2D eigenvalue weighted by Crippen LogP contribution is 2.34. The Hall–Kier alpha value is -2.63. The third-order valence-electron chi connectivity index (χ3n) is 4.32. The lowest BCUT2D eigenvalue weighted by atomic mass is 10.0. The average molecular weight is 331 g/mol. The van der Waals surface area contributed by atoms with Crippen molar-refractivity contribution in [1.29, 1.82) is 0 Å². The van der Waals surface area contributed by atoms with E-state index in [0.717, 1.165) is 18.4 Å². The molecule has 0 saturated carbocycles. The number of carbonyl (C=O) groups excluding carboxylic acids is 1. The number of carboxylic acids is 1. The summed E-state index contributed by atoms with van der Waals surface area (Å²) in [5.74, 6) is -1.49. The molecule has 1 atom stereocenters. The molecule has 1 aliphatic rings. The van der Waals surface area contributed by atoms with Crippen molar-refractivity contribution in [2.75, 3.05) is 6.54 Å². The lowest BCUT2D eigenvalue weighted by molar-refractivity contribution is -0.136. The van der Waals surface area contributed by atoms with Gasteiger partial charge in [-0.1, -0.05) is 12.1 Å². The highest BCUT2D eigenvalue weighted by molar-refractivity contribution is 5.97. The first-order valence-electron chi connectivity index (χ1n) is 7.82. The van der Waals surface area contributed by atoms with E-state index in [0.29, 0.717) is 17.7 Å². The molecule has 6 heteroatoms. The molecule has 24 heavy (non-hydrogen) atoms. The van der Waals surface area contributed by atoms with Crippen molar-refractivity contribution < 1.29 is 23.5 Å². The summed E-state index contributed by atoms with van der Waals surface area (Å²) in [7, 11) is 0. The number of rotatable bonds is 4. The fourth-order valence-electron chi connectivity index (χ4n) is 3.27. The molecule has 1 aromatic heterocycles. The molecule has 0 bridgehead atoms. The minimum atomic E-state index is -1.05. The third kappa shape index (κ3) is 3.04. The van der Waals surface area contributed by atoms with Crippen LogP contribution in [0.1, 0.15) is 46.1 Å². The van der Waals surface area contributed by atoms with E-state index in [9.17, 15) is 14.0 Å². The van der Waals surface area contributed by atoms with E-state index in [-0.39, 0.29) is 29.9 Å². The van der Waals surface area contributed by atoms with Crippen LogP contribution in [0.25, 0.3) is 0 Å². The van der Waals surface area contributed by atoms with Gasteiger partial charge < -0.3 is 14.4 Å². The SMILES string of the molecule is Cc1coc(CC(=O)O)c1C(=O)N1CCCC1c1cccc(F)c1. The zero-order chi connectivity index (χ0) is 17.3. The second kappa shape index (κ2) is 6.47. The van der Waals surface area contributed by atoms with Gasteiger partial charge in [0.05, 0.1) is 17.9 Å². The molecule has 126 valence electrons. The normalized spacial score (nSPS) is 17.2. The quantitative estimate of drug-likeness (QED) is 0.933. The molecule has 0 aliphatic carbocycles. The van der Waals surface area contributed by atoms with E-state index in [2.05, 4.69) is 0 Å². The Morgan fingerprint density at radius 2 is 2.21 bits per heavy atom. The predicted molar refractivity (Wildman–Crippen MR) is 84.2 cm³/mol. The Morgan fingerprint density at radius 1 is 1.42 bits per heavy atom. The molecule has 1 saturated heterocycles. The van der Waals surface area contributed by atoms with Gasteiger partial charge in [-0.05, 0) is 37.5 Å². The number of hydrogen-bond donors (Lipinski definition) is 1. The van der Waals surface area contributed by atoms with Gasteiger partial charge in [0.1, 0.15) is 18.0 Å². The van der Waals surface area contributed by atoms with Crippen LogP contribution in [0.15, 0.2) is 34.9 Å². The molecule has 1 fully saturated rings. The summed E-state index contributed by atoms with van der Waals surface area (Å²) in [6.07, 6.45) is 2.63. The van der Waals surface area contributed by atoms with Gasteiger partial charge in [0.15, 0.2) is 0 Å². The third-order valence-corrected chi connectivity index (χ3v) is 4.32. The summed E-state index contributed by atoms with van der Waals surface area (Å²) >= 11 is 0. The minimum Gasteiger partial charge on any atom is -0.481 e. The number of halogens is 1. The predicted octanol–water partition coefficient (Wildman–Crippen LogP) is 3.33. The van der Waals surface area contributed by atoms with Crippen molar-refractivity contribution in [2.45, 2.75) is 32.2 Å². The first-order valence-corrected chi connectivity index (χ1v) is 7.82. The van der Waals surface area contributed by atoms with E-state index < -0.39 is 5.97 Å². The van der Waals surface area contributed by atoms with Gasteiger partial charge in [0.2, 0.25) is 0 Å². The fraction of sp³-hybridized carbons (Fsp3) is 0.333. The zero-order valence-electron chi connectivity index (χ0n) is 13.3. The summed E-state index contributed by atoms with van der Waals surface area (Å²) in [5, 5.41) is 8.98. The molecule has 2 heterocycles. The summed E-state index contributed by atoms with van der Waals surface area (Å²) in [6.45, 7) is 2.27. The number of carboxylic acid groups (broad SMARTS) is 1.